The number of tetrazole rings is 1. The van der Waals surface area contributed by atoms with E-state index in [9.17, 15) is 9.90 Å². The maximum absolute atomic E-state index is 12.5. The molecule has 0 aliphatic carbocycles. The van der Waals surface area contributed by atoms with Gasteiger partial charge in [-0.05, 0) is 50.1 Å². The first-order chi connectivity index (χ1) is 12.0. The molecule has 1 amide bonds. The largest absolute Gasteiger partial charge is 0.485 e. The van der Waals surface area contributed by atoms with E-state index < -0.39 is 17.7 Å². The lowest BCUT2D eigenvalue weighted by atomic mass is 9.84. The monoisotopic (exact) mass is 343 g/mol. The number of piperidine rings is 1. The molecule has 8 nitrogen and oxygen atoms in total. The summed E-state index contributed by atoms with van der Waals surface area (Å²) in [5, 5.41) is 25.0. The van der Waals surface area contributed by atoms with Gasteiger partial charge in [-0.25, -0.2) is 0 Å². The van der Waals surface area contributed by atoms with Crippen LogP contribution in [0, 0.1) is 0 Å². The van der Waals surface area contributed by atoms with Crippen LogP contribution in [0.1, 0.15) is 44.7 Å². The molecule has 1 fully saturated rings. The molecule has 0 spiro atoms. The second-order valence-electron chi connectivity index (χ2n) is 7.13. The number of amides is 1. The van der Waals surface area contributed by atoms with E-state index in [-0.39, 0.29) is 5.91 Å². The molecule has 2 unspecified atom stereocenters. The highest BCUT2D eigenvalue weighted by Crippen LogP contribution is 2.44. The normalized spacial score (nSPS) is 25.4. The Balaban J connectivity index is 1.82. The number of carbonyl (C=O) groups is 1. The van der Waals surface area contributed by atoms with Crippen LogP contribution in [0.3, 0.4) is 0 Å². The van der Waals surface area contributed by atoms with Crippen molar-refractivity contribution in [1.29, 1.82) is 0 Å². The van der Waals surface area contributed by atoms with Crippen molar-refractivity contribution in [1.82, 2.24) is 25.5 Å². The molecule has 2 aromatic rings. The number of nitrogens with one attached hydrogen (secondary N) is 1. The number of carbonyl (C=O) groups excluding carboxylic acids is 1. The zero-order chi connectivity index (χ0) is 17.6. The Morgan fingerprint density at radius 3 is 2.92 bits per heavy atom. The lowest BCUT2D eigenvalue weighted by Crippen LogP contribution is -2.55. The first-order valence-electron chi connectivity index (χ1n) is 8.52. The number of hydrogen-bond acceptors (Lipinski definition) is 6. The van der Waals surface area contributed by atoms with Crippen LogP contribution in [0.25, 0.3) is 11.4 Å². The fourth-order valence-electron chi connectivity index (χ4n) is 3.65. The number of benzene rings is 1. The minimum Gasteiger partial charge on any atom is -0.485 e. The van der Waals surface area contributed by atoms with Gasteiger partial charge in [-0.15, -0.1) is 10.2 Å². The molecule has 2 N–H and O–H groups in total. The van der Waals surface area contributed by atoms with Crippen molar-refractivity contribution in [3.8, 4) is 17.1 Å². The van der Waals surface area contributed by atoms with E-state index in [4.69, 9.17) is 4.74 Å². The van der Waals surface area contributed by atoms with Gasteiger partial charge in [0, 0.05) is 24.1 Å². The minimum atomic E-state index is -0.831. The zero-order valence-electron chi connectivity index (χ0n) is 14.3. The Bertz CT molecular complexity index is 790. The molecule has 3 heterocycles. The number of hydrogen-bond donors (Lipinski definition) is 2. The Labute approximate surface area is 145 Å². The second kappa shape index (κ2) is 5.80. The van der Waals surface area contributed by atoms with Crippen LogP contribution in [0.15, 0.2) is 18.2 Å². The molecule has 2 atom stereocenters. The van der Waals surface area contributed by atoms with Gasteiger partial charge in [-0.1, -0.05) is 0 Å². The van der Waals surface area contributed by atoms with Crippen molar-refractivity contribution in [2.45, 2.75) is 50.9 Å². The number of likely N-dealkylation sites (tertiary alicyclic amines) is 1. The molecule has 2 aliphatic rings. The number of aromatic nitrogens is 4. The van der Waals surface area contributed by atoms with Crippen LogP contribution in [0.5, 0.6) is 5.75 Å². The molecular formula is C17H21N5O3. The van der Waals surface area contributed by atoms with Crippen LogP contribution in [0.4, 0.5) is 0 Å². The summed E-state index contributed by atoms with van der Waals surface area (Å²) in [6, 6.07) is 5.13. The Morgan fingerprint density at radius 2 is 2.20 bits per heavy atom. The van der Waals surface area contributed by atoms with Gasteiger partial charge in [0.1, 0.15) is 17.5 Å². The van der Waals surface area contributed by atoms with E-state index in [1.54, 1.807) is 4.90 Å². The summed E-state index contributed by atoms with van der Waals surface area (Å²) < 4.78 is 6.01. The van der Waals surface area contributed by atoms with Crippen LogP contribution in [-0.4, -0.2) is 54.8 Å². The fraction of sp³-hybridized carbons (Fsp3) is 0.529. The summed E-state index contributed by atoms with van der Waals surface area (Å²) in [4.78, 5) is 14.3. The predicted molar refractivity (Wildman–Crippen MR) is 88.6 cm³/mol. The number of aromatic amines is 1. The molecular weight excluding hydrogens is 322 g/mol. The molecule has 0 saturated carbocycles. The van der Waals surface area contributed by atoms with Crippen molar-refractivity contribution in [3.63, 3.8) is 0 Å². The highest BCUT2D eigenvalue weighted by molar-refractivity contribution is 5.78. The van der Waals surface area contributed by atoms with Crippen molar-refractivity contribution >= 4 is 5.91 Å². The molecule has 1 aromatic carbocycles. The summed E-state index contributed by atoms with van der Waals surface area (Å²) in [5.74, 6) is 1.21. The Hall–Kier alpha value is -2.48. The van der Waals surface area contributed by atoms with Gasteiger partial charge in [0.25, 0.3) is 0 Å². The second-order valence-corrected chi connectivity index (χ2v) is 7.13. The molecule has 25 heavy (non-hydrogen) atoms. The molecule has 8 heteroatoms. The highest BCUT2D eigenvalue weighted by atomic mass is 16.5. The Morgan fingerprint density at radius 1 is 1.36 bits per heavy atom. The highest BCUT2D eigenvalue weighted by Gasteiger charge is 2.47. The van der Waals surface area contributed by atoms with E-state index in [1.807, 2.05) is 32.0 Å². The van der Waals surface area contributed by atoms with E-state index in [2.05, 4.69) is 20.6 Å². The first kappa shape index (κ1) is 16.0. The van der Waals surface area contributed by atoms with Crippen molar-refractivity contribution in [2.75, 3.05) is 6.54 Å². The number of aliphatic hydroxyl groups is 1. The van der Waals surface area contributed by atoms with E-state index in [1.165, 1.54) is 0 Å². The average molecular weight is 343 g/mol. The summed E-state index contributed by atoms with van der Waals surface area (Å²) in [7, 11) is 0. The third-order valence-electron chi connectivity index (χ3n) is 5.01. The van der Waals surface area contributed by atoms with Gasteiger partial charge < -0.3 is 14.7 Å². The lowest BCUT2D eigenvalue weighted by molar-refractivity contribution is -0.147. The minimum absolute atomic E-state index is 0.0731. The van der Waals surface area contributed by atoms with Crippen LogP contribution < -0.4 is 4.74 Å². The third-order valence-corrected chi connectivity index (χ3v) is 5.01. The standard InChI is InChI=1S/C17H21N5O3/c1-17(2)15(24)14(22-8-4-3-5-13(22)23)11-9-10(6-7-12(11)25-17)16-18-20-21-19-16/h6-7,9,14-15,24H,3-5,8H2,1-2H3,(H,18,19,20,21). The van der Waals surface area contributed by atoms with Gasteiger partial charge in [-0.2, -0.15) is 5.21 Å². The predicted octanol–water partition coefficient (Wildman–Crippen LogP) is 1.45. The fourth-order valence-corrected chi connectivity index (χ4v) is 3.65. The average Bonchev–Trinajstić information content (AvgIpc) is 3.11. The molecule has 1 aromatic heterocycles. The molecule has 4 rings (SSSR count). The number of nitrogens with zero attached hydrogens (tertiary/aromatic N) is 4. The van der Waals surface area contributed by atoms with Gasteiger partial charge in [0.15, 0.2) is 0 Å². The third kappa shape index (κ3) is 2.66. The smallest absolute Gasteiger partial charge is 0.223 e. The first-order valence-corrected chi connectivity index (χ1v) is 8.52. The molecule has 0 bridgehead atoms. The van der Waals surface area contributed by atoms with Crippen molar-refractivity contribution < 1.29 is 14.6 Å². The molecule has 1 saturated heterocycles. The van der Waals surface area contributed by atoms with Gasteiger partial charge in [0.2, 0.25) is 11.7 Å². The van der Waals surface area contributed by atoms with E-state index in [0.717, 1.165) is 24.0 Å². The quantitative estimate of drug-likeness (QED) is 0.855. The number of rotatable bonds is 2. The van der Waals surface area contributed by atoms with Gasteiger partial charge in [0.05, 0.1) is 6.04 Å². The van der Waals surface area contributed by atoms with Gasteiger partial charge in [-0.3, -0.25) is 4.79 Å². The van der Waals surface area contributed by atoms with Crippen molar-refractivity contribution in [3.05, 3.63) is 23.8 Å². The summed E-state index contributed by atoms with van der Waals surface area (Å²) in [6.45, 7) is 4.33. The number of ether oxygens (including phenoxy) is 1. The number of H-pyrrole nitrogens is 1. The van der Waals surface area contributed by atoms with Crippen molar-refractivity contribution in [2.24, 2.45) is 0 Å². The lowest BCUT2D eigenvalue weighted by Gasteiger charge is -2.47. The van der Waals surface area contributed by atoms with Gasteiger partial charge >= 0.3 is 0 Å². The van der Waals surface area contributed by atoms with Crippen LogP contribution in [0.2, 0.25) is 0 Å². The topological polar surface area (TPSA) is 104 Å². The SMILES string of the molecule is CC1(C)Oc2ccc(-c3nn[nH]n3)cc2C(N2CCCCC2=O)C1O. The molecule has 0 radical (unpaired) electrons. The summed E-state index contributed by atoms with van der Waals surface area (Å²) >= 11 is 0. The summed E-state index contributed by atoms with van der Waals surface area (Å²) in [6.07, 6.45) is 1.52. The number of fused-ring (bicyclic) bond motifs is 1. The maximum Gasteiger partial charge on any atom is 0.223 e. The van der Waals surface area contributed by atoms with E-state index in [0.29, 0.717) is 24.5 Å². The van der Waals surface area contributed by atoms with Crippen LogP contribution in [-0.2, 0) is 4.79 Å². The van der Waals surface area contributed by atoms with Crippen LogP contribution >= 0.6 is 0 Å². The molecule has 132 valence electrons. The molecule has 2 aliphatic heterocycles. The summed E-state index contributed by atoms with van der Waals surface area (Å²) in [5.41, 5.74) is 0.755. The number of aliphatic hydroxyl groups excluding tert-OH is 1. The van der Waals surface area contributed by atoms with E-state index >= 15 is 0 Å². The zero-order valence-corrected chi connectivity index (χ0v) is 14.3. The Kier molecular flexibility index (Phi) is 3.72. The maximum atomic E-state index is 12.5.